The lowest BCUT2D eigenvalue weighted by Crippen LogP contribution is -2.27. The molecule has 0 heterocycles. The maximum atomic E-state index is 14.1. The van der Waals surface area contributed by atoms with Crippen LogP contribution in [0.4, 0.5) is 17.6 Å². The molecule has 1 aliphatic rings. The number of hydrogen-bond acceptors (Lipinski definition) is 2. The highest BCUT2D eigenvalue weighted by Gasteiger charge is 2.40. The number of benzene rings is 2. The van der Waals surface area contributed by atoms with Crippen molar-refractivity contribution in [1.82, 2.24) is 5.32 Å². The number of alkyl halides is 4. The topological polar surface area (TPSA) is 38.3 Å². The Hall–Kier alpha value is -2.57. The quantitative estimate of drug-likeness (QED) is 0.658. The molecule has 2 aromatic rings. The first-order valence-electron chi connectivity index (χ1n) is 8.64. The van der Waals surface area contributed by atoms with Gasteiger partial charge in [-0.25, -0.2) is 4.39 Å². The van der Waals surface area contributed by atoms with Gasteiger partial charge in [-0.15, -0.1) is 0 Å². The molecule has 0 aliphatic heterocycles. The Morgan fingerprint density at radius 1 is 1.11 bits per heavy atom. The molecule has 2 aromatic carbocycles. The van der Waals surface area contributed by atoms with E-state index >= 15 is 0 Å². The van der Waals surface area contributed by atoms with Crippen molar-refractivity contribution in [2.75, 3.05) is 6.67 Å². The highest BCUT2D eigenvalue weighted by molar-refractivity contribution is 5.96. The number of amides is 1. The van der Waals surface area contributed by atoms with Gasteiger partial charge in [-0.1, -0.05) is 30.3 Å². The van der Waals surface area contributed by atoms with Crippen molar-refractivity contribution in [2.45, 2.75) is 37.6 Å². The predicted molar refractivity (Wildman–Crippen MR) is 92.6 cm³/mol. The van der Waals surface area contributed by atoms with Crippen molar-refractivity contribution < 1.29 is 27.1 Å². The monoisotopic (exact) mass is 381 g/mol. The standard InChI is InChI=1S/C20H19F4NO2/c21-10-9-17(22)14-3-1-2-4-15(14)19(26)25-18-11-16(18)12-5-7-13(8-6-12)27-20(23)24/h1-8,16-18,20H,9-11H2,(H,25,26)/t16-,17?,18?/m1/s1. The van der Waals surface area contributed by atoms with Crippen LogP contribution in [-0.4, -0.2) is 25.2 Å². The second-order valence-corrected chi connectivity index (χ2v) is 6.40. The number of ether oxygens (including phenoxy) is 1. The van der Waals surface area contributed by atoms with Crippen LogP contribution >= 0.6 is 0 Å². The lowest BCUT2D eigenvalue weighted by Gasteiger charge is -2.13. The van der Waals surface area contributed by atoms with Crippen molar-refractivity contribution in [3.63, 3.8) is 0 Å². The van der Waals surface area contributed by atoms with Gasteiger partial charge >= 0.3 is 6.61 Å². The van der Waals surface area contributed by atoms with E-state index < -0.39 is 25.4 Å². The van der Waals surface area contributed by atoms with Gasteiger partial charge in [-0.05, 0) is 35.7 Å². The summed E-state index contributed by atoms with van der Waals surface area (Å²) < 4.78 is 55.2. The molecular formula is C20H19F4NO2. The van der Waals surface area contributed by atoms with Gasteiger partial charge in [0.2, 0.25) is 0 Å². The second kappa shape index (κ2) is 8.41. The molecule has 0 bridgehead atoms. The first kappa shape index (κ1) is 19.2. The van der Waals surface area contributed by atoms with E-state index in [2.05, 4.69) is 10.1 Å². The van der Waals surface area contributed by atoms with Crippen LogP contribution in [0.3, 0.4) is 0 Å². The normalized spacial score (nSPS) is 19.6. The molecule has 1 aliphatic carbocycles. The van der Waals surface area contributed by atoms with E-state index in [1.54, 1.807) is 24.3 Å². The largest absolute Gasteiger partial charge is 0.435 e. The molecule has 1 saturated carbocycles. The van der Waals surface area contributed by atoms with Gasteiger partial charge in [0, 0.05) is 23.9 Å². The van der Waals surface area contributed by atoms with Gasteiger partial charge in [-0.3, -0.25) is 9.18 Å². The highest BCUT2D eigenvalue weighted by Crippen LogP contribution is 2.41. The molecule has 2 unspecified atom stereocenters. The summed E-state index contributed by atoms with van der Waals surface area (Å²) in [5.41, 5.74) is 1.28. The minimum absolute atomic E-state index is 0.0636. The van der Waals surface area contributed by atoms with E-state index in [0.717, 1.165) is 5.56 Å². The van der Waals surface area contributed by atoms with Crippen molar-refractivity contribution in [3.8, 4) is 5.75 Å². The number of carbonyl (C=O) groups is 1. The number of hydrogen-bond donors (Lipinski definition) is 1. The Kier molecular flexibility index (Phi) is 5.98. The number of rotatable bonds is 8. The zero-order valence-electron chi connectivity index (χ0n) is 14.4. The van der Waals surface area contributed by atoms with Gasteiger partial charge < -0.3 is 10.1 Å². The first-order valence-corrected chi connectivity index (χ1v) is 8.64. The van der Waals surface area contributed by atoms with Crippen molar-refractivity contribution in [2.24, 2.45) is 0 Å². The fraction of sp³-hybridized carbons (Fsp3) is 0.350. The zero-order valence-corrected chi connectivity index (χ0v) is 14.4. The summed E-state index contributed by atoms with van der Waals surface area (Å²) in [6.45, 7) is -3.67. The van der Waals surface area contributed by atoms with E-state index in [-0.39, 0.29) is 35.3 Å². The SMILES string of the molecule is O=C(NC1C[C@@H]1c1ccc(OC(F)F)cc1)c1ccccc1C(F)CCF. The van der Waals surface area contributed by atoms with Gasteiger partial charge in [-0.2, -0.15) is 8.78 Å². The van der Waals surface area contributed by atoms with Crippen LogP contribution < -0.4 is 10.1 Å². The summed E-state index contributed by atoms with van der Waals surface area (Å²) >= 11 is 0. The molecule has 3 rings (SSSR count). The van der Waals surface area contributed by atoms with Crippen LogP contribution in [0.5, 0.6) is 5.75 Å². The fourth-order valence-electron chi connectivity index (χ4n) is 3.09. The molecule has 0 aromatic heterocycles. The van der Waals surface area contributed by atoms with Crippen molar-refractivity contribution in [1.29, 1.82) is 0 Å². The molecule has 1 fully saturated rings. The fourth-order valence-corrected chi connectivity index (χ4v) is 3.09. The molecular weight excluding hydrogens is 362 g/mol. The summed E-state index contributed by atoms with van der Waals surface area (Å²) in [4.78, 5) is 12.5. The Morgan fingerprint density at radius 2 is 1.81 bits per heavy atom. The van der Waals surface area contributed by atoms with Crippen molar-refractivity contribution in [3.05, 3.63) is 65.2 Å². The van der Waals surface area contributed by atoms with Crippen LogP contribution in [0.15, 0.2) is 48.5 Å². The summed E-state index contributed by atoms with van der Waals surface area (Å²) in [6, 6.07) is 12.4. The maximum Gasteiger partial charge on any atom is 0.387 e. The first-order chi connectivity index (χ1) is 13.0. The molecule has 0 spiro atoms. The van der Waals surface area contributed by atoms with Crippen LogP contribution in [0.1, 0.15) is 46.4 Å². The Morgan fingerprint density at radius 3 is 2.48 bits per heavy atom. The highest BCUT2D eigenvalue weighted by atomic mass is 19.3. The van der Waals surface area contributed by atoms with Crippen LogP contribution in [0.2, 0.25) is 0 Å². The molecule has 3 atom stereocenters. The van der Waals surface area contributed by atoms with Gasteiger partial charge in [0.1, 0.15) is 11.9 Å². The zero-order chi connectivity index (χ0) is 19.4. The average molecular weight is 381 g/mol. The molecule has 1 amide bonds. The average Bonchev–Trinajstić information content (AvgIpc) is 3.41. The smallest absolute Gasteiger partial charge is 0.387 e. The van der Waals surface area contributed by atoms with E-state index in [4.69, 9.17) is 0 Å². The van der Waals surface area contributed by atoms with Crippen LogP contribution in [0, 0.1) is 0 Å². The summed E-state index contributed by atoms with van der Waals surface area (Å²) in [5.74, 6) is -0.267. The minimum Gasteiger partial charge on any atom is -0.435 e. The third kappa shape index (κ3) is 4.78. The molecule has 1 N–H and O–H groups in total. The Balaban J connectivity index is 1.62. The maximum absolute atomic E-state index is 14.1. The minimum atomic E-state index is -2.87. The molecule has 144 valence electrons. The lowest BCUT2D eigenvalue weighted by molar-refractivity contribution is -0.0498. The van der Waals surface area contributed by atoms with E-state index in [1.807, 2.05) is 0 Å². The van der Waals surface area contributed by atoms with Crippen LogP contribution in [0.25, 0.3) is 0 Å². The Labute approximate surface area is 154 Å². The van der Waals surface area contributed by atoms with Gasteiger partial charge in [0.05, 0.1) is 6.67 Å². The lowest BCUT2D eigenvalue weighted by atomic mass is 10.0. The molecule has 27 heavy (non-hydrogen) atoms. The second-order valence-electron chi connectivity index (χ2n) is 6.40. The molecule has 7 heteroatoms. The van der Waals surface area contributed by atoms with Crippen LogP contribution in [-0.2, 0) is 0 Å². The number of carbonyl (C=O) groups excluding carboxylic acids is 1. The molecule has 0 radical (unpaired) electrons. The van der Waals surface area contributed by atoms with E-state index in [0.29, 0.717) is 6.42 Å². The van der Waals surface area contributed by atoms with E-state index in [9.17, 15) is 22.4 Å². The third-order valence-electron chi connectivity index (χ3n) is 4.55. The van der Waals surface area contributed by atoms with Crippen molar-refractivity contribution >= 4 is 5.91 Å². The van der Waals surface area contributed by atoms with Gasteiger partial charge in [0.25, 0.3) is 5.91 Å². The number of halogens is 4. The third-order valence-corrected chi connectivity index (χ3v) is 4.55. The summed E-state index contributed by atoms with van der Waals surface area (Å²) in [7, 11) is 0. The Bertz CT molecular complexity index is 782. The summed E-state index contributed by atoms with van der Waals surface area (Å²) in [6.07, 6.45) is -1.12. The number of nitrogens with one attached hydrogen (secondary N) is 1. The predicted octanol–water partition coefficient (Wildman–Crippen LogP) is 4.94. The molecule has 3 nitrogen and oxygen atoms in total. The van der Waals surface area contributed by atoms with Gasteiger partial charge in [0.15, 0.2) is 0 Å². The summed E-state index contributed by atoms with van der Waals surface area (Å²) in [5, 5.41) is 2.85. The molecule has 0 saturated heterocycles. The van der Waals surface area contributed by atoms with E-state index in [1.165, 1.54) is 24.3 Å².